The summed E-state index contributed by atoms with van der Waals surface area (Å²) in [6.45, 7) is 3.97. The van der Waals surface area contributed by atoms with Crippen molar-refractivity contribution < 1.29 is 18.8 Å². The van der Waals surface area contributed by atoms with Crippen LogP contribution in [0.15, 0.2) is 48.5 Å². The van der Waals surface area contributed by atoms with Gasteiger partial charge in [0.25, 0.3) is 0 Å². The van der Waals surface area contributed by atoms with Crippen molar-refractivity contribution >= 4 is 23.4 Å². The van der Waals surface area contributed by atoms with E-state index in [4.69, 9.17) is 0 Å². The fourth-order valence-corrected chi connectivity index (χ4v) is 4.59. The van der Waals surface area contributed by atoms with E-state index in [1.54, 1.807) is 21.9 Å². The number of benzene rings is 2. The number of aryl methyl sites for hydroxylation is 1. The summed E-state index contributed by atoms with van der Waals surface area (Å²) in [7, 11) is 0. The van der Waals surface area contributed by atoms with Crippen LogP contribution in [0.5, 0.6) is 0 Å². The van der Waals surface area contributed by atoms with Gasteiger partial charge in [0.2, 0.25) is 17.7 Å². The first-order valence-electron chi connectivity index (χ1n) is 11.6. The number of halogens is 1. The molecule has 2 fully saturated rings. The van der Waals surface area contributed by atoms with Gasteiger partial charge in [0.15, 0.2) is 0 Å². The van der Waals surface area contributed by atoms with Crippen LogP contribution in [0.1, 0.15) is 30.4 Å². The second-order valence-corrected chi connectivity index (χ2v) is 9.01. The first-order valence-corrected chi connectivity index (χ1v) is 11.6. The number of hydrogen-bond acceptors (Lipinski definition) is 3. The standard InChI is InChI=1S/C26H30FN3O3/c1-18-2-8-23(9-3-18)30-17-21(16-24(30)31)26(33)29-14-11-20(12-15-29)25(32)28-13-10-19-4-6-22(27)7-5-19/h2-9,20-21H,10-17H2,1H3,(H,28,32)/t21-/m1/s1. The molecule has 174 valence electrons. The van der Waals surface area contributed by atoms with Gasteiger partial charge in [-0.1, -0.05) is 29.8 Å². The zero-order chi connectivity index (χ0) is 23.4. The molecule has 0 aliphatic carbocycles. The van der Waals surface area contributed by atoms with Gasteiger partial charge in [0.1, 0.15) is 5.82 Å². The van der Waals surface area contributed by atoms with Crippen molar-refractivity contribution in [2.75, 3.05) is 31.1 Å². The van der Waals surface area contributed by atoms with Crippen LogP contribution in [-0.4, -0.2) is 48.8 Å². The third-order valence-electron chi connectivity index (χ3n) is 6.62. The molecule has 2 heterocycles. The van der Waals surface area contributed by atoms with Crippen molar-refractivity contribution in [3.05, 3.63) is 65.5 Å². The normalized spacial score (nSPS) is 19.1. The zero-order valence-corrected chi connectivity index (χ0v) is 18.9. The molecule has 2 aliphatic heterocycles. The van der Waals surface area contributed by atoms with Gasteiger partial charge < -0.3 is 15.1 Å². The summed E-state index contributed by atoms with van der Waals surface area (Å²) in [5.74, 6) is -0.725. The smallest absolute Gasteiger partial charge is 0.228 e. The summed E-state index contributed by atoms with van der Waals surface area (Å²) in [5.41, 5.74) is 2.93. The van der Waals surface area contributed by atoms with Crippen LogP contribution in [0, 0.1) is 24.6 Å². The maximum absolute atomic E-state index is 13.0. The highest BCUT2D eigenvalue weighted by Crippen LogP contribution is 2.28. The Morgan fingerprint density at radius 3 is 2.33 bits per heavy atom. The lowest BCUT2D eigenvalue weighted by Crippen LogP contribution is -2.45. The van der Waals surface area contributed by atoms with Crippen molar-refractivity contribution in [3.8, 4) is 0 Å². The lowest BCUT2D eigenvalue weighted by molar-refractivity contribution is -0.139. The summed E-state index contributed by atoms with van der Waals surface area (Å²) in [6, 6.07) is 14.0. The molecule has 0 unspecified atom stereocenters. The molecule has 1 atom stereocenters. The highest BCUT2D eigenvalue weighted by Gasteiger charge is 2.38. The lowest BCUT2D eigenvalue weighted by Gasteiger charge is -2.33. The predicted octanol–water partition coefficient (Wildman–Crippen LogP) is 3.08. The van der Waals surface area contributed by atoms with Gasteiger partial charge in [0, 0.05) is 44.2 Å². The molecule has 1 N–H and O–H groups in total. The third-order valence-corrected chi connectivity index (χ3v) is 6.62. The largest absolute Gasteiger partial charge is 0.356 e. The van der Waals surface area contributed by atoms with Crippen LogP contribution in [-0.2, 0) is 20.8 Å². The van der Waals surface area contributed by atoms with E-state index in [1.807, 2.05) is 31.2 Å². The minimum Gasteiger partial charge on any atom is -0.356 e. The Labute approximate surface area is 193 Å². The molecule has 0 saturated carbocycles. The van der Waals surface area contributed by atoms with Crippen LogP contribution in [0.3, 0.4) is 0 Å². The summed E-state index contributed by atoms with van der Waals surface area (Å²) in [4.78, 5) is 41.5. The summed E-state index contributed by atoms with van der Waals surface area (Å²) < 4.78 is 13.0. The number of hydrogen-bond donors (Lipinski definition) is 1. The second kappa shape index (κ2) is 10.1. The fraction of sp³-hybridized carbons (Fsp3) is 0.423. The minimum absolute atomic E-state index is 0.00537. The number of nitrogens with zero attached hydrogens (tertiary/aromatic N) is 2. The van der Waals surface area contributed by atoms with E-state index in [2.05, 4.69) is 5.32 Å². The maximum atomic E-state index is 13.0. The number of likely N-dealkylation sites (tertiary alicyclic amines) is 1. The number of piperidine rings is 1. The Morgan fingerprint density at radius 2 is 1.67 bits per heavy atom. The van der Waals surface area contributed by atoms with E-state index >= 15 is 0 Å². The first kappa shape index (κ1) is 23.0. The van der Waals surface area contributed by atoms with Crippen LogP contribution < -0.4 is 10.2 Å². The van der Waals surface area contributed by atoms with Crippen LogP contribution >= 0.6 is 0 Å². The van der Waals surface area contributed by atoms with Crippen LogP contribution in [0.4, 0.5) is 10.1 Å². The molecule has 6 nitrogen and oxygen atoms in total. The lowest BCUT2D eigenvalue weighted by atomic mass is 9.94. The minimum atomic E-state index is -0.333. The second-order valence-electron chi connectivity index (χ2n) is 9.01. The Morgan fingerprint density at radius 1 is 1.00 bits per heavy atom. The van der Waals surface area contributed by atoms with Crippen molar-refractivity contribution in [3.63, 3.8) is 0 Å². The van der Waals surface area contributed by atoms with Crippen molar-refractivity contribution in [2.45, 2.75) is 32.6 Å². The number of anilines is 1. The van der Waals surface area contributed by atoms with E-state index in [0.717, 1.165) is 16.8 Å². The number of carbonyl (C=O) groups excluding carboxylic acids is 3. The molecule has 2 aromatic rings. The van der Waals surface area contributed by atoms with E-state index in [9.17, 15) is 18.8 Å². The highest BCUT2D eigenvalue weighted by atomic mass is 19.1. The molecular formula is C26H30FN3O3. The molecule has 0 bridgehead atoms. The Balaban J connectivity index is 1.22. The van der Waals surface area contributed by atoms with Crippen molar-refractivity contribution in [1.29, 1.82) is 0 Å². The van der Waals surface area contributed by atoms with Crippen LogP contribution in [0.25, 0.3) is 0 Å². The van der Waals surface area contributed by atoms with Gasteiger partial charge in [-0.3, -0.25) is 14.4 Å². The average molecular weight is 452 g/mol. The van der Waals surface area contributed by atoms with Gasteiger partial charge >= 0.3 is 0 Å². The molecule has 33 heavy (non-hydrogen) atoms. The van der Waals surface area contributed by atoms with E-state index < -0.39 is 0 Å². The third kappa shape index (κ3) is 5.59. The molecule has 2 saturated heterocycles. The van der Waals surface area contributed by atoms with Gasteiger partial charge in [-0.15, -0.1) is 0 Å². The van der Waals surface area contributed by atoms with Gasteiger partial charge in [-0.05, 0) is 56.0 Å². The van der Waals surface area contributed by atoms with E-state index in [0.29, 0.717) is 45.4 Å². The first-order chi connectivity index (χ1) is 15.9. The number of carbonyl (C=O) groups is 3. The SMILES string of the molecule is Cc1ccc(N2C[C@H](C(=O)N3CCC(C(=O)NCCc4ccc(F)cc4)CC3)CC2=O)cc1. The summed E-state index contributed by atoms with van der Waals surface area (Å²) >= 11 is 0. The molecule has 4 rings (SSSR count). The summed E-state index contributed by atoms with van der Waals surface area (Å²) in [5, 5.41) is 2.96. The molecule has 2 aliphatic rings. The van der Waals surface area contributed by atoms with Gasteiger partial charge in [0.05, 0.1) is 5.92 Å². The molecule has 0 aromatic heterocycles. The number of amides is 3. The monoisotopic (exact) mass is 451 g/mol. The molecule has 0 spiro atoms. The molecular weight excluding hydrogens is 421 g/mol. The average Bonchev–Trinajstić information content (AvgIpc) is 3.22. The zero-order valence-electron chi connectivity index (χ0n) is 18.9. The predicted molar refractivity (Wildman–Crippen MR) is 124 cm³/mol. The van der Waals surface area contributed by atoms with Crippen molar-refractivity contribution in [1.82, 2.24) is 10.2 Å². The maximum Gasteiger partial charge on any atom is 0.228 e. The Kier molecular flexibility index (Phi) is 7.06. The Bertz CT molecular complexity index is 998. The Hall–Kier alpha value is -3.22. The molecule has 3 amide bonds. The highest BCUT2D eigenvalue weighted by molar-refractivity contribution is 6.00. The number of rotatable bonds is 6. The quantitative estimate of drug-likeness (QED) is 0.734. The number of nitrogens with one attached hydrogen (secondary N) is 1. The van der Waals surface area contributed by atoms with Gasteiger partial charge in [-0.2, -0.15) is 0 Å². The van der Waals surface area contributed by atoms with E-state index in [-0.39, 0.29) is 41.8 Å². The van der Waals surface area contributed by atoms with Crippen molar-refractivity contribution in [2.24, 2.45) is 11.8 Å². The molecule has 2 aromatic carbocycles. The topological polar surface area (TPSA) is 69.7 Å². The molecule has 7 heteroatoms. The van der Waals surface area contributed by atoms with Crippen LogP contribution in [0.2, 0.25) is 0 Å². The summed E-state index contributed by atoms with van der Waals surface area (Å²) in [6.07, 6.45) is 2.12. The fourth-order valence-electron chi connectivity index (χ4n) is 4.59. The molecule has 0 radical (unpaired) electrons. The van der Waals surface area contributed by atoms with Gasteiger partial charge in [-0.25, -0.2) is 4.39 Å². The van der Waals surface area contributed by atoms with E-state index in [1.165, 1.54) is 12.1 Å².